The van der Waals surface area contributed by atoms with Crippen molar-refractivity contribution in [3.05, 3.63) is 17.7 Å². The molecular formula is C27H37N3O4S. The minimum Gasteiger partial charge on any atom is -0.481 e. The lowest BCUT2D eigenvalue weighted by atomic mass is 9.52. The monoisotopic (exact) mass is 499 g/mol. The fourth-order valence-corrected chi connectivity index (χ4v) is 9.15. The second kappa shape index (κ2) is 9.25. The van der Waals surface area contributed by atoms with E-state index in [0.29, 0.717) is 48.1 Å². The molecule has 0 spiro atoms. The van der Waals surface area contributed by atoms with Gasteiger partial charge in [-0.2, -0.15) is 0 Å². The van der Waals surface area contributed by atoms with Crippen molar-refractivity contribution >= 4 is 29.5 Å². The molecule has 1 aromatic heterocycles. The van der Waals surface area contributed by atoms with E-state index in [2.05, 4.69) is 5.32 Å². The van der Waals surface area contributed by atoms with Crippen LogP contribution in [-0.2, 0) is 4.79 Å². The smallest absolute Gasteiger partial charge is 0.308 e. The average molecular weight is 500 g/mol. The Morgan fingerprint density at radius 1 is 1.06 bits per heavy atom. The number of anilines is 1. The molecule has 1 saturated heterocycles. The molecule has 6 fully saturated rings. The van der Waals surface area contributed by atoms with Gasteiger partial charge < -0.3 is 20.4 Å². The predicted octanol–water partition coefficient (Wildman–Crippen LogP) is 4.09. The van der Waals surface area contributed by atoms with Gasteiger partial charge in [0.2, 0.25) is 0 Å². The highest BCUT2D eigenvalue weighted by Gasteiger charge is 2.55. The minimum absolute atomic E-state index is 0.0448. The molecule has 0 aromatic carbocycles. The standard InChI is InChI=1S/C27H37N3O4S/c31-24(29-23-18-10-16-11-19(23)14-27(34,12-16)13-18)21-6-7-22(30-9-8-17(15-30)26(32)33)28-25(21)35-20-4-2-1-3-5-20/h6-7,16-20,23,34H,1-5,8-15H2,(H,29,31)(H,32,33)/t16?,17-,18?,19?,23?,27?/m1/s1. The summed E-state index contributed by atoms with van der Waals surface area (Å²) in [5, 5.41) is 25.0. The quantitative estimate of drug-likeness (QED) is 0.542. The fraction of sp³-hybridized carbons (Fsp3) is 0.741. The van der Waals surface area contributed by atoms with Crippen LogP contribution in [0.1, 0.15) is 81.0 Å². The maximum Gasteiger partial charge on any atom is 0.308 e. The third kappa shape index (κ3) is 4.68. The van der Waals surface area contributed by atoms with E-state index in [9.17, 15) is 19.8 Å². The number of carbonyl (C=O) groups is 2. The van der Waals surface area contributed by atoms with Crippen molar-refractivity contribution in [2.45, 2.75) is 92.5 Å². The first-order valence-corrected chi connectivity index (χ1v) is 14.4. The first-order chi connectivity index (χ1) is 16.9. The van der Waals surface area contributed by atoms with Crippen molar-refractivity contribution in [3.63, 3.8) is 0 Å². The van der Waals surface area contributed by atoms with Gasteiger partial charge in [0.25, 0.3) is 5.91 Å². The van der Waals surface area contributed by atoms with E-state index in [4.69, 9.17) is 4.98 Å². The Morgan fingerprint density at radius 3 is 2.46 bits per heavy atom. The number of carboxylic acids is 1. The van der Waals surface area contributed by atoms with Crippen LogP contribution in [0.4, 0.5) is 5.82 Å². The average Bonchev–Trinajstić information content (AvgIpc) is 3.32. The molecule has 0 radical (unpaired) electrons. The normalized spacial score (nSPS) is 36.5. The van der Waals surface area contributed by atoms with Gasteiger partial charge in [-0.1, -0.05) is 19.3 Å². The second-order valence-electron chi connectivity index (χ2n) is 11.9. The number of nitrogens with zero attached hydrogens (tertiary/aromatic N) is 2. The van der Waals surface area contributed by atoms with E-state index in [-0.39, 0.29) is 17.9 Å². The molecule has 5 aliphatic carbocycles. The highest BCUT2D eigenvalue weighted by Crippen LogP contribution is 2.55. The van der Waals surface area contributed by atoms with E-state index in [1.54, 1.807) is 11.8 Å². The van der Waals surface area contributed by atoms with Gasteiger partial charge in [-0.3, -0.25) is 9.59 Å². The SMILES string of the molecule is O=C(NC1C2CC3CC1CC(O)(C3)C2)c1ccc(N2CC[C@@H](C(=O)O)C2)nc1SC1CCCCC1. The van der Waals surface area contributed by atoms with Gasteiger partial charge in [-0.05, 0) is 81.3 Å². The first-order valence-electron chi connectivity index (χ1n) is 13.6. The van der Waals surface area contributed by atoms with Crippen molar-refractivity contribution < 1.29 is 19.8 Å². The third-order valence-corrected chi connectivity index (χ3v) is 10.7. The maximum absolute atomic E-state index is 13.6. The summed E-state index contributed by atoms with van der Waals surface area (Å²) >= 11 is 1.73. The largest absolute Gasteiger partial charge is 0.481 e. The Morgan fingerprint density at radius 2 is 1.80 bits per heavy atom. The Bertz CT molecular complexity index is 981. The van der Waals surface area contributed by atoms with Gasteiger partial charge in [0.15, 0.2) is 0 Å². The van der Waals surface area contributed by atoms with Gasteiger partial charge in [0.1, 0.15) is 10.8 Å². The third-order valence-electron chi connectivity index (χ3n) is 9.32. The van der Waals surface area contributed by atoms with E-state index in [1.807, 2.05) is 17.0 Å². The lowest BCUT2D eigenvalue weighted by Crippen LogP contribution is -2.61. The number of nitrogens with one attached hydrogen (secondary N) is 1. The second-order valence-corrected chi connectivity index (χ2v) is 13.2. The van der Waals surface area contributed by atoms with Crippen molar-refractivity contribution in [3.8, 4) is 0 Å². The zero-order valence-corrected chi connectivity index (χ0v) is 21.1. The number of aromatic nitrogens is 1. The molecule has 1 aromatic rings. The van der Waals surface area contributed by atoms with Gasteiger partial charge >= 0.3 is 5.97 Å². The molecule has 1 aliphatic heterocycles. The number of amides is 1. The van der Waals surface area contributed by atoms with Crippen LogP contribution in [0.15, 0.2) is 17.2 Å². The van der Waals surface area contributed by atoms with Gasteiger partial charge in [-0.15, -0.1) is 11.8 Å². The summed E-state index contributed by atoms with van der Waals surface area (Å²) in [7, 11) is 0. The van der Waals surface area contributed by atoms with Crippen LogP contribution in [0, 0.1) is 23.7 Å². The van der Waals surface area contributed by atoms with Crippen LogP contribution < -0.4 is 10.2 Å². The molecule has 2 unspecified atom stereocenters. The molecule has 5 saturated carbocycles. The van der Waals surface area contributed by atoms with E-state index < -0.39 is 11.6 Å². The zero-order chi connectivity index (χ0) is 24.2. The van der Waals surface area contributed by atoms with Gasteiger partial charge in [-0.25, -0.2) is 4.98 Å². The van der Waals surface area contributed by atoms with E-state index in [1.165, 1.54) is 19.3 Å². The number of rotatable bonds is 6. The maximum atomic E-state index is 13.6. The molecule has 3 atom stereocenters. The van der Waals surface area contributed by atoms with Crippen LogP contribution in [-0.4, -0.2) is 57.1 Å². The number of hydrogen-bond donors (Lipinski definition) is 3. The number of aliphatic carboxylic acids is 1. The Kier molecular flexibility index (Phi) is 6.24. The molecule has 1 amide bonds. The summed E-state index contributed by atoms with van der Waals surface area (Å²) in [4.78, 5) is 32.1. The zero-order valence-electron chi connectivity index (χ0n) is 20.3. The molecule has 4 bridgehead atoms. The number of carbonyl (C=O) groups excluding carboxylic acids is 1. The molecule has 2 heterocycles. The summed E-state index contributed by atoms with van der Waals surface area (Å²) < 4.78 is 0. The first kappa shape index (κ1) is 23.6. The lowest BCUT2D eigenvalue weighted by molar-refractivity contribution is -0.141. The van der Waals surface area contributed by atoms with Crippen LogP contribution in [0.3, 0.4) is 0 Å². The number of thioether (sulfide) groups is 1. The van der Waals surface area contributed by atoms with Gasteiger partial charge in [0.05, 0.1) is 17.1 Å². The van der Waals surface area contributed by atoms with Crippen LogP contribution in [0.2, 0.25) is 0 Å². The highest BCUT2D eigenvalue weighted by molar-refractivity contribution is 7.99. The van der Waals surface area contributed by atoms with Crippen molar-refractivity contribution in [2.75, 3.05) is 18.0 Å². The molecule has 35 heavy (non-hydrogen) atoms. The van der Waals surface area contributed by atoms with E-state index in [0.717, 1.165) is 55.8 Å². The van der Waals surface area contributed by atoms with Crippen LogP contribution in [0.25, 0.3) is 0 Å². The Balaban J connectivity index is 1.23. The number of carboxylic acid groups (broad SMARTS) is 1. The number of aliphatic hydroxyl groups is 1. The molecule has 8 heteroatoms. The Labute approximate surface area is 211 Å². The van der Waals surface area contributed by atoms with Crippen molar-refractivity contribution in [1.29, 1.82) is 0 Å². The Hall–Kier alpha value is -1.80. The summed E-state index contributed by atoms with van der Waals surface area (Å²) in [6, 6.07) is 3.94. The van der Waals surface area contributed by atoms with Gasteiger partial charge in [0, 0.05) is 24.4 Å². The summed E-state index contributed by atoms with van der Waals surface area (Å²) in [6.07, 6.45) is 11.4. The van der Waals surface area contributed by atoms with Crippen molar-refractivity contribution in [2.24, 2.45) is 23.7 Å². The molecule has 7 rings (SSSR count). The lowest BCUT2D eigenvalue weighted by Gasteiger charge is -2.58. The minimum atomic E-state index is -0.749. The molecule has 7 nitrogen and oxygen atoms in total. The molecule has 190 valence electrons. The van der Waals surface area contributed by atoms with Crippen LogP contribution in [0.5, 0.6) is 0 Å². The topological polar surface area (TPSA) is 103 Å². The van der Waals surface area contributed by atoms with E-state index >= 15 is 0 Å². The summed E-state index contributed by atoms with van der Waals surface area (Å²) in [6.45, 7) is 1.15. The molecular weight excluding hydrogens is 462 g/mol. The molecule has 6 aliphatic rings. The summed E-state index contributed by atoms with van der Waals surface area (Å²) in [5.74, 6) is 0.974. The summed E-state index contributed by atoms with van der Waals surface area (Å²) in [5.41, 5.74) is 0.137. The number of hydrogen-bond acceptors (Lipinski definition) is 6. The predicted molar refractivity (Wildman–Crippen MR) is 135 cm³/mol. The fourth-order valence-electron chi connectivity index (χ4n) is 7.83. The number of pyridine rings is 1. The van der Waals surface area contributed by atoms with Crippen molar-refractivity contribution in [1.82, 2.24) is 10.3 Å². The molecule has 3 N–H and O–H groups in total. The highest BCUT2D eigenvalue weighted by atomic mass is 32.2. The van der Waals surface area contributed by atoms with Crippen LogP contribution >= 0.6 is 11.8 Å².